The molecule has 1 atom stereocenters. The van der Waals surface area contributed by atoms with Gasteiger partial charge in [0.25, 0.3) is 0 Å². The van der Waals surface area contributed by atoms with Gasteiger partial charge in [-0.2, -0.15) is 0 Å². The number of nitrogens with one attached hydrogen (secondary N) is 1. The van der Waals surface area contributed by atoms with E-state index in [4.69, 9.17) is 4.74 Å². The van der Waals surface area contributed by atoms with E-state index in [2.05, 4.69) is 15.0 Å². The highest BCUT2D eigenvalue weighted by molar-refractivity contribution is 5.95. The second-order valence-corrected chi connectivity index (χ2v) is 7.01. The highest BCUT2D eigenvalue weighted by Gasteiger charge is 2.19. The predicted molar refractivity (Wildman–Crippen MR) is 116 cm³/mol. The van der Waals surface area contributed by atoms with Crippen LogP contribution in [0.5, 0.6) is 5.75 Å². The summed E-state index contributed by atoms with van der Waals surface area (Å²) < 4.78 is 20.3. The topological polar surface area (TPSA) is 70.5 Å². The maximum atomic E-state index is 14.6. The van der Waals surface area contributed by atoms with Crippen LogP contribution in [-0.4, -0.2) is 27.4 Å². The molecule has 0 aliphatic carbocycles. The molecule has 0 radical (unpaired) electrons. The minimum absolute atomic E-state index is 0. The maximum Gasteiger partial charge on any atom is 0.165 e. The summed E-state index contributed by atoms with van der Waals surface area (Å²) in [5.41, 5.74) is 4.74. The number of aliphatic hydroxyl groups excluding tert-OH is 1. The van der Waals surface area contributed by atoms with Crippen molar-refractivity contribution in [2.75, 3.05) is 6.61 Å². The number of aromatic nitrogens is 2. The quantitative estimate of drug-likeness (QED) is 0.485. The summed E-state index contributed by atoms with van der Waals surface area (Å²) in [5, 5.41) is 11.5. The molecule has 1 unspecified atom stereocenters. The van der Waals surface area contributed by atoms with Crippen molar-refractivity contribution in [2.45, 2.75) is 20.0 Å². The fourth-order valence-corrected chi connectivity index (χ4v) is 3.63. The SMILES string of the molecule is C.OC(c1ccc(OCC2=Nc3ccccc3C2)c(F)c1)c1c[nH]c2ncccc12. The molecule has 152 valence electrons. The van der Waals surface area contributed by atoms with Crippen LogP contribution in [0, 0.1) is 5.82 Å². The summed E-state index contributed by atoms with van der Waals surface area (Å²) in [7, 11) is 0. The number of pyridine rings is 1. The maximum absolute atomic E-state index is 14.6. The summed E-state index contributed by atoms with van der Waals surface area (Å²) in [6.07, 6.45) is 3.11. The standard InChI is InChI=1S/C23H18FN3O2.CH4/c24-19-11-15(22(28)18-12-26-23-17(18)5-3-9-25-23)7-8-21(19)29-13-16-10-14-4-1-2-6-20(14)27-16;/h1-9,11-12,22,28H,10,13H2,(H,25,26);1H4. The third-order valence-electron chi connectivity index (χ3n) is 5.11. The van der Waals surface area contributed by atoms with Crippen molar-refractivity contribution in [1.29, 1.82) is 0 Å². The molecule has 30 heavy (non-hydrogen) atoms. The fourth-order valence-electron chi connectivity index (χ4n) is 3.63. The van der Waals surface area contributed by atoms with Crippen LogP contribution in [0.15, 0.2) is 72.0 Å². The zero-order valence-electron chi connectivity index (χ0n) is 15.5. The third-order valence-corrected chi connectivity index (χ3v) is 5.11. The molecular formula is C24H22FN3O2. The van der Waals surface area contributed by atoms with E-state index < -0.39 is 11.9 Å². The van der Waals surface area contributed by atoms with Gasteiger partial charge < -0.3 is 14.8 Å². The van der Waals surface area contributed by atoms with Crippen molar-refractivity contribution in [2.24, 2.45) is 4.99 Å². The summed E-state index contributed by atoms with van der Waals surface area (Å²) in [4.78, 5) is 11.8. The van der Waals surface area contributed by atoms with Gasteiger partial charge >= 0.3 is 0 Å². The van der Waals surface area contributed by atoms with Crippen LogP contribution in [-0.2, 0) is 6.42 Å². The number of ether oxygens (including phenoxy) is 1. The first-order valence-electron chi connectivity index (χ1n) is 9.36. The number of aliphatic hydroxyl groups is 1. The minimum atomic E-state index is -0.967. The second kappa shape index (κ2) is 8.08. The molecule has 2 aromatic carbocycles. The van der Waals surface area contributed by atoms with Gasteiger partial charge in [-0.25, -0.2) is 9.37 Å². The van der Waals surface area contributed by atoms with Gasteiger partial charge in [0.15, 0.2) is 11.6 Å². The molecule has 0 spiro atoms. The minimum Gasteiger partial charge on any atom is -0.485 e. The van der Waals surface area contributed by atoms with E-state index in [1.165, 1.54) is 6.07 Å². The van der Waals surface area contributed by atoms with Crippen molar-refractivity contribution >= 4 is 22.4 Å². The van der Waals surface area contributed by atoms with E-state index in [1.54, 1.807) is 30.6 Å². The summed E-state index contributed by atoms with van der Waals surface area (Å²) >= 11 is 0. The zero-order valence-corrected chi connectivity index (χ0v) is 15.5. The van der Waals surface area contributed by atoms with E-state index in [-0.39, 0.29) is 19.8 Å². The fraction of sp³-hybridized carbons (Fsp3) is 0.167. The van der Waals surface area contributed by atoms with Gasteiger partial charge in [-0.15, -0.1) is 0 Å². The molecule has 0 saturated carbocycles. The first-order chi connectivity index (χ1) is 14.2. The van der Waals surface area contributed by atoms with Crippen LogP contribution in [0.3, 0.4) is 0 Å². The van der Waals surface area contributed by atoms with Crippen molar-refractivity contribution in [3.8, 4) is 5.75 Å². The molecule has 0 fully saturated rings. The Kier molecular flexibility index (Phi) is 5.33. The molecule has 1 aliphatic heterocycles. The van der Waals surface area contributed by atoms with E-state index >= 15 is 0 Å². The number of hydrogen-bond acceptors (Lipinski definition) is 4. The Labute approximate surface area is 173 Å². The van der Waals surface area contributed by atoms with Gasteiger partial charge in [-0.1, -0.05) is 31.7 Å². The number of rotatable bonds is 5. The summed E-state index contributed by atoms with van der Waals surface area (Å²) in [6, 6.07) is 16.1. The van der Waals surface area contributed by atoms with E-state index in [0.717, 1.165) is 22.3 Å². The third kappa shape index (κ3) is 3.57. The number of H-pyrrole nitrogens is 1. The Balaban J connectivity index is 0.00000218. The van der Waals surface area contributed by atoms with Crippen molar-refractivity contribution < 1.29 is 14.2 Å². The summed E-state index contributed by atoms with van der Waals surface area (Å²) in [6.45, 7) is 0.224. The normalized spacial score (nSPS) is 13.5. The van der Waals surface area contributed by atoms with Crippen LogP contribution in [0.25, 0.3) is 11.0 Å². The number of aromatic amines is 1. The smallest absolute Gasteiger partial charge is 0.165 e. The van der Waals surface area contributed by atoms with E-state index in [1.807, 2.05) is 30.3 Å². The zero-order chi connectivity index (χ0) is 19.8. The van der Waals surface area contributed by atoms with Crippen molar-refractivity contribution in [3.05, 3.63) is 89.5 Å². The number of aliphatic imine (C=N–C) groups is 1. The largest absolute Gasteiger partial charge is 0.485 e. The van der Waals surface area contributed by atoms with Gasteiger partial charge in [0, 0.05) is 29.8 Å². The Morgan fingerprint density at radius 3 is 2.83 bits per heavy atom. The lowest BCUT2D eigenvalue weighted by molar-refractivity contribution is 0.221. The number of benzene rings is 2. The van der Waals surface area contributed by atoms with Crippen LogP contribution in [0.4, 0.5) is 10.1 Å². The summed E-state index contributed by atoms with van der Waals surface area (Å²) in [5.74, 6) is -0.379. The van der Waals surface area contributed by atoms with Gasteiger partial charge in [-0.05, 0) is 41.5 Å². The van der Waals surface area contributed by atoms with Crippen LogP contribution < -0.4 is 4.74 Å². The molecule has 5 nitrogen and oxygen atoms in total. The number of nitrogens with zero attached hydrogens (tertiary/aromatic N) is 2. The molecule has 6 heteroatoms. The lowest BCUT2D eigenvalue weighted by Gasteiger charge is -2.13. The molecule has 0 saturated heterocycles. The lowest BCUT2D eigenvalue weighted by atomic mass is 10.0. The highest BCUT2D eigenvalue weighted by atomic mass is 19.1. The average Bonchev–Trinajstić information content (AvgIpc) is 3.36. The predicted octanol–water partition coefficient (Wildman–Crippen LogP) is 5.13. The molecule has 0 amide bonds. The van der Waals surface area contributed by atoms with Gasteiger partial charge in [0.1, 0.15) is 18.4 Å². The van der Waals surface area contributed by atoms with Gasteiger partial charge in [0.2, 0.25) is 0 Å². The van der Waals surface area contributed by atoms with E-state index in [9.17, 15) is 9.50 Å². The Bertz CT molecular complexity index is 1230. The molecule has 0 bridgehead atoms. The van der Waals surface area contributed by atoms with Gasteiger partial charge in [-0.3, -0.25) is 4.99 Å². The second-order valence-electron chi connectivity index (χ2n) is 7.01. The number of halogens is 1. The molecule has 3 heterocycles. The molecular weight excluding hydrogens is 381 g/mol. The lowest BCUT2D eigenvalue weighted by Crippen LogP contribution is -2.12. The van der Waals surface area contributed by atoms with Crippen molar-refractivity contribution in [3.63, 3.8) is 0 Å². The Morgan fingerprint density at radius 1 is 1.13 bits per heavy atom. The molecule has 5 rings (SSSR count). The highest BCUT2D eigenvalue weighted by Crippen LogP contribution is 2.31. The number of fused-ring (bicyclic) bond motifs is 2. The van der Waals surface area contributed by atoms with Crippen LogP contribution in [0.2, 0.25) is 0 Å². The van der Waals surface area contributed by atoms with Gasteiger partial charge in [0.05, 0.1) is 11.4 Å². The van der Waals surface area contributed by atoms with E-state index in [0.29, 0.717) is 23.2 Å². The van der Waals surface area contributed by atoms with Crippen molar-refractivity contribution in [1.82, 2.24) is 9.97 Å². The molecule has 2 aromatic heterocycles. The molecule has 1 aliphatic rings. The molecule has 2 N–H and O–H groups in total. The van der Waals surface area contributed by atoms with Crippen LogP contribution in [0.1, 0.15) is 30.2 Å². The molecule has 4 aromatic rings. The Hall–Kier alpha value is -3.51. The Morgan fingerprint density at radius 2 is 2.00 bits per heavy atom. The first-order valence-corrected chi connectivity index (χ1v) is 9.36. The average molecular weight is 403 g/mol. The van der Waals surface area contributed by atoms with Crippen LogP contribution >= 0.6 is 0 Å². The number of para-hydroxylation sites is 1. The monoisotopic (exact) mass is 403 g/mol. The first kappa shape index (κ1) is 19.8. The number of hydrogen-bond donors (Lipinski definition) is 2.